The lowest BCUT2D eigenvalue weighted by molar-refractivity contribution is 0.280. The largest absolute Gasteiger partial charge is 0.396 e. The molecule has 7 heteroatoms. The number of rotatable bonds is 7. The fraction of sp³-hybridized carbons (Fsp3) is 0.294. The minimum Gasteiger partial charge on any atom is -0.396 e. The molecule has 24 heavy (non-hydrogen) atoms. The number of nitrogens with one attached hydrogen (secondary N) is 1. The highest BCUT2D eigenvalue weighted by molar-refractivity contribution is 7.96. The Balaban J connectivity index is 2.08. The van der Waals surface area contributed by atoms with Crippen molar-refractivity contribution in [3.8, 4) is 11.1 Å². The Morgan fingerprint density at radius 3 is 3.00 bits per heavy atom. The molecular formula is C17H21N5OS. The molecule has 0 aliphatic carbocycles. The van der Waals surface area contributed by atoms with Gasteiger partial charge < -0.3 is 15.4 Å². The number of nitrogen functional groups attached to an aromatic ring is 1. The van der Waals surface area contributed by atoms with E-state index < -0.39 is 0 Å². The van der Waals surface area contributed by atoms with Crippen LogP contribution in [0.15, 0.2) is 36.8 Å². The standard InChI is InChI=1S/C17H21N5OS/c1-24-21-9-12-4-2-5-13(8-12)14-10-22(6-3-7-23)17-15(14)16(18)19-11-20-17/h2,4-5,8,10-11,21,23H,3,6-7,9H2,1H3,(H2,18,19,20). The van der Waals surface area contributed by atoms with Crippen molar-refractivity contribution in [1.82, 2.24) is 19.3 Å². The molecule has 0 bridgehead atoms. The Morgan fingerprint density at radius 2 is 2.21 bits per heavy atom. The van der Waals surface area contributed by atoms with Gasteiger partial charge in [0.1, 0.15) is 17.8 Å². The normalized spacial score (nSPS) is 11.2. The molecule has 0 spiro atoms. The van der Waals surface area contributed by atoms with Crippen LogP contribution in [0.1, 0.15) is 12.0 Å². The monoisotopic (exact) mass is 343 g/mol. The number of fused-ring (bicyclic) bond motifs is 1. The van der Waals surface area contributed by atoms with Crippen LogP contribution >= 0.6 is 11.9 Å². The lowest BCUT2D eigenvalue weighted by atomic mass is 10.0. The maximum Gasteiger partial charge on any atom is 0.146 e. The molecule has 3 aromatic rings. The topological polar surface area (TPSA) is 89.0 Å². The summed E-state index contributed by atoms with van der Waals surface area (Å²) >= 11 is 1.60. The Morgan fingerprint density at radius 1 is 1.33 bits per heavy atom. The molecule has 2 aromatic heterocycles. The molecule has 3 rings (SSSR count). The third-order valence-corrected chi connectivity index (χ3v) is 4.33. The summed E-state index contributed by atoms with van der Waals surface area (Å²) in [5.74, 6) is 0.477. The summed E-state index contributed by atoms with van der Waals surface area (Å²) in [6.45, 7) is 1.63. The maximum atomic E-state index is 9.12. The van der Waals surface area contributed by atoms with Gasteiger partial charge in [-0.3, -0.25) is 4.72 Å². The van der Waals surface area contributed by atoms with E-state index in [0.717, 1.165) is 28.7 Å². The van der Waals surface area contributed by atoms with Crippen molar-refractivity contribution in [3.63, 3.8) is 0 Å². The number of nitrogens with two attached hydrogens (primary N) is 1. The summed E-state index contributed by atoms with van der Waals surface area (Å²) in [5, 5.41) is 9.98. The van der Waals surface area contributed by atoms with Crippen molar-refractivity contribution in [3.05, 3.63) is 42.4 Å². The van der Waals surface area contributed by atoms with Crippen LogP contribution in [-0.2, 0) is 13.1 Å². The first-order valence-corrected chi connectivity index (χ1v) is 9.02. The van der Waals surface area contributed by atoms with Crippen molar-refractivity contribution in [2.45, 2.75) is 19.5 Å². The summed E-state index contributed by atoms with van der Waals surface area (Å²) in [7, 11) is 0. The van der Waals surface area contributed by atoms with Gasteiger partial charge in [-0.1, -0.05) is 30.1 Å². The predicted molar refractivity (Wildman–Crippen MR) is 99.4 cm³/mol. The van der Waals surface area contributed by atoms with Crippen LogP contribution in [0.4, 0.5) is 5.82 Å². The highest BCUT2D eigenvalue weighted by Crippen LogP contribution is 2.33. The molecule has 0 unspecified atom stereocenters. The van der Waals surface area contributed by atoms with E-state index in [4.69, 9.17) is 10.8 Å². The first-order valence-electron chi connectivity index (χ1n) is 7.80. The highest BCUT2D eigenvalue weighted by Gasteiger charge is 2.15. The van der Waals surface area contributed by atoms with Crippen LogP contribution in [0.2, 0.25) is 0 Å². The van der Waals surface area contributed by atoms with Gasteiger partial charge >= 0.3 is 0 Å². The van der Waals surface area contributed by atoms with Crippen molar-refractivity contribution in [1.29, 1.82) is 0 Å². The van der Waals surface area contributed by atoms with Crippen LogP contribution in [-0.4, -0.2) is 32.5 Å². The number of benzene rings is 1. The second kappa shape index (κ2) is 7.65. The van der Waals surface area contributed by atoms with E-state index in [0.29, 0.717) is 18.8 Å². The van der Waals surface area contributed by atoms with Gasteiger partial charge in [0, 0.05) is 31.5 Å². The van der Waals surface area contributed by atoms with Gasteiger partial charge in [0.15, 0.2) is 0 Å². The second-order valence-electron chi connectivity index (χ2n) is 5.50. The molecule has 0 aliphatic rings. The molecule has 0 fully saturated rings. The van der Waals surface area contributed by atoms with Crippen molar-refractivity contribution in [2.75, 3.05) is 18.6 Å². The van der Waals surface area contributed by atoms with E-state index >= 15 is 0 Å². The van der Waals surface area contributed by atoms with Crippen molar-refractivity contribution in [2.24, 2.45) is 0 Å². The number of hydrogen-bond donors (Lipinski definition) is 3. The first kappa shape index (κ1) is 16.8. The molecule has 1 aromatic carbocycles. The number of aromatic nitrogens is 3. The Hall–Kier alpha value is -2.09. The second-order valence-corrected chi connectivity index (χ2v) is 6.19. The Labute approximate surface area is 145 Å². The zero-order valence-corrected chi connectivity index (χ0v) is 14.4. The smallest absolute Gasteiger partial charge is 0.146 e. The number of anilines is 1. The van der Waals surface area contributed by atoms with E-state index in [9.17, 15) is 0 Å². The molecule has 126 valence electrons. The lowest BCUT2D eigenvalue weighted by Crippen LogP contribution is -2.01. The van der Waals surface area contributed by atoms with Gasteiger partial charge in [0.05, 0.1) is 5.39 Å². The van der Waals surface area contributed by atoms with E-state index in [-0.39, 0.29) is 6.61 Å². The summed E-state index contributed by atoms with van der Waals surface area (Å²) in [5.41, 5.74) is 10.2. The lowest BCUT2D eigenvalue weighted by Gasteiger charge is -2.05. The fourth-order valence-corrected chi connectivity index (χ4v) is 3.09. The van der Waals surface area contributed by atoms with Gasteiger partial charge in [-0.15, -0.1) is 0 Å². The SMILES string of the molecule is CSNCc1cccc(-c2cn(CCCO)c3ncnc(N)c23)c1. The number of aliphatic hydroxyl groups excluding tert-OH is 1. The van der Waals surface area contributed by atoms with Crippen molar-refractivity contribution >= 4 is 28.8 Å². The Bertz CT molecular complexity index is 833. The molecule has 6 nitrogen and oxygen atoms in total. The Kier molecular flexibility index (Phi) is 5.34. The summed E-state index contributed by atoms with van der Waals surface area (Å²) in [4.78, 5) is 8.54. The zero-order valence-electron chi connectivity index (χ0n) is 13.6. The van der Waals surface area contributed by atoms with Gasteiger partial charge in [0.2, 0.25) is 0 Å². The number of aliphatic hydroxyl groups is 1. The molecule has 0 atom stereocenters. The van der Waals surface area contributed by atoms with Gasteiger partial charge in [0.25, 0.3) is 0 Å². The number of hydrogen-bond acceptors (Lipinski definition) is 6. The van der Waals surface area contributed by atoms with Gasteiger partial charge in [-0.25, -0.2) is 9.97 Å². The molecule has 4 N–H and O–H groups in total. The molecule has 0 radical (unpaired) electrons. The van der Waals surface area contributed by atoms with Crippen LogP contribution < -0.4 is 10.5 Å². The van der Waals surface area contributed by atoms with E-state index in [2.05, 4.69) is 32.9 Å². The van der Waals surface area contributed by atoms with Crippen molar-refractivity contribution < 1.29 is 5.11 Å². The summed E-state index contributed by atoms with van der Waals surface area (Å²) in [6.07, 6.45) is 6.21. The molecular weight excluding hydrogens is 322 g/mol. The van der Waals surface area contributed by atoms with E-state index in [1.54, 1.807) is 11.9 Å². The molecule has 0 saturated carbocycles. The van der Waals surface area contributed by atoms with Gasteiger partial charge in [-0.2, -0.15) is 0 Å². The average Bonchev–Trinajstić information content (AvgIpc) is 2.98. The van der Waals surface area contributed by atoms with Gasteiger partial charge in [-0.05, 0) is 29.9 Å². The predicted octanol–water partition coefficient (Wildman–Crippen LogP) is 2.43. The van der Waals surface area contributed by atoms with Crippen LogP contribution in [0.3, 0.4) is 0 Å². The minimum absolute atomic E-state index is 0.144. The number of nitrogens with zero attached hydrogens (tertiary/aromatic N) is 3. The zero-order chi connectivity index (χ0) is 16.9. The maximum absolute atomic E-state index is 9.12. The molecule has 0 saturated heterocycles. The third-order valence-electron chi connectivity index (χ3n) is 3.90. The van der Waals surface area contributed by atoms with E-state index in [1.807, 2.05) is 23.1 Å². The number of aryl methyl sites for hydroxylation is 1. The summed E-state index contributed by atoms with van der Waals surface area (Å²) in [6, 6.07) is 8.36. The quantitative estimate of drug-likeness (QED) is 0.571. The first-order chi connectivity index (χ1) is 11.7. The molecule has 0 amide bonds. The summed E-state index contributed by atoms with van der Waals surface area (Å²) < 4.78 is 5.29. The van der Waals surface area contributed by atoms with Crippen LogP contribution in [0.5, 0.6) is 0 Å². The fourth-order valence-electron chi connectivity index (χ4n) is 2.78. The molecule has 0 aliphatic heterocycles. The highest BCUT2D eigenvalue weighted by atomic mass is 32.2. The molecule has 2 heterocycles. The average molecular weight is 343 g/mol. The van der Waals surface area contributed by atoms with E-state index in [1.165, 1.54) is 11.9 Å². The minimum atomic E-state index is 0.144. The van der Waals surface area contributed by atoms with Crippen LogP contribution in [0, 0.1) is 0 Å². The van der Waals surface area contributed by atoms with Crippen LogP contribution in [0.25, 0.3) is 22.2 Å². The third kappa shape index (κ3) is 3.38.